The van der Waals surface area contributed by atoms with Crippen LogP contribution in [-0.2, 0) is 0 Å². The van der Waals surface area contributed by atoms with Gasteiger partial charge in [0.25, 0.3) is 5.91 Å². The summed E-state index contributed by atoms with van der Waals surface area (Å²) >= 11 is 7.79. The van der Waals surface area contributed by atoms with Crippen molar-refractivity contribution in [1.29, 1.82) is 0 Å². The molecule has 154 valence electrons. The Morgan fingerprint density at radius 1 is 1.34 bits per heavy atom. The maximum absolute atomic E-state index is 14.4. The van der Waals surface area contributed by atoms with E-state index in [0.717, 1.165) is 18.7 Å². The van der Waals surface area contributed by atoms with E-state index in [1.54, 1.807) is 24.3 Å². The Balaban J connectivity index is 1.87. The highest BCUT2D eigenvalue weighted by Crippen LogP contribution is 2.33. The number of hydrogen-bond donors (Lipinski definition) is 1. The molecule has 5 nitrogen and oxygen atoms in total. The van der Waals surface area contributed by atoms with Crippen molar-refractivity contribution in [1.82, 2.24) is 15.4 Å². The first-order valence-corrected chi connectivity index (χ1v) is 10.7. The zero-order valence-electron chi connectivity index (χ0n) is 16.5. The molecule has 0 saturated carbocycles. The SMILES string of the molecule is CCN(CC)C(CNC(=O)c1c(-c2c(F)cccc2Cl)noc1C)c1ccsc1. The second-order valence-corrected chi connectivity index (χ2v) is 7.75. The van der Waals surface area contributed by atoms with E-state index in [9.17, 15) is 9.18 Å². The number of carbonyl (C=O) groups excluding carboxylic acids is 1. The summed E-state index contributed by atoms with van der Waals surface area (Å²) in [6.07, 6.45) is 0. The summed E-state index contributed by atoms with van der Waals surface area (Å²) in [6, 6.07) is 6.44. The van der Waals surface area contributed by atoms with Crippen molar-refractivity contribution in [2.24, 2.45) is 0 Å². The zero-order valence-corrected chi connectivity index (χ0v) is 18.1. The summed E-state index contributed by atoms with van der Waals surface area (Å²) in [5, 5.41) is 11.2. The zero-order chi connectivity index (χ0) is 21.0. The molecule has 0 aliphatic carbocycles. The quantitative estimate of drug-likeness (QED) is 0.520. The van der Waals surface area contributed by atoms with Gasteiger partial charge in [-0.2, -0.15) is 11.3 Å². The lowest BCUT2D eigenvalue weighted by molar-refractivity contribution is 0.0934. The van der Waals surface area contributed by atoms with Gasteiger partial charge in [-0.25, -0.2) is 4.39 Å². The van der Waals surface area contributed by atoms with Crippen LogP contribution in [0.4, 0.5) is 4.39 Å². The van der Waals surface area contributed by atoms with E-state index >= 15 is 0 Å². The largest absolute Gasteiger partial charge is 0.360 e. The summed E-state index contributed by atoms with van der Waals surface area (Å²) in [5.74, 6) is -0.615. The molecule has 0 bridgehead atoms. The molecule has 1 atom stereocenters. The predicted octanol–water partition coefficient (Wildman–Crippen LogP) is 5.32. The van der Waals surface area contributed by atoms with Crippen LogP contribution in [0.25, 0.3) is 11.3 Å². The molecule has 3 aromatic rings. The smallest absolute Gasteiger partial charge is 0.257 e. The van der Waals surface area contributed by atoms with Crippen LogP contribution in [0, 0.1) is 12.7 Å². The second-order valence-electron chi connectivity index (χ2n) is 6.56. The number of thiophene rings is 1. The van der Waals surface area contributed by atoms with E-state index in [4.69, 9.17) is 16.1 Å². The fourth-order valence-electron chi connectivity index (χ4n) is 3.40. The van der Waals surface area contributed by atoms with Gasteiger partial charge in [0.1, 0.15) is 22.8 Å². The normalized spacial score (nSPS) is 12.3. The average Bonchev–Trinajstić information content (AvgIpc) is 3.35. The fraction of sp³-hybridized carbons (Fsp3) is 0.333. The van der Waals surface area contributed by atoms with E-state index in [2.05, 4.69) is 40.7 Å². The molecule has 0 radical (unpaired) electrons. The molecule has 0 saturated heterocycles. The number of carbonyl (C=O) groups is 1. The summed E-state index contributed by atoms with van der Waals surface area (Å²) in [7, 11) is 0. The second kappa shape index (κ2) is 9.52. The van der Waals surface area contributed by atoms with Crippen molar-refractivity contribution >= 4 is 28.8 Å². The fourth-order valence-corrected chi connectivity index (χ4v) is 4.36. The van der Waals surface area contributed by atoms with Gasteiger partial charge < -0.3 is 9.84 Å². The molecule has 1 unspecified atom stereocenters. The number of nitrogens with one attached hydrogen (secondary N) is 1. The van der Waals surface area contributed by atoms with Crippen molar-refractivity contribution in [3.05, 3.63) is 62.8 Å². The van der Waals surface area contributed by atoms with E-state index in [1.165, 1.54) is 12.1 Å². The number of amides is 1. The van der Waals surface area contributed by atoms with E-state index < -0.39 is 5.82 Å². The van der Waals surface area contributed by atoms with E-state index in [1.807, 2.05) is 5.38 Å². The molecular weight excluding hydrogens is 413 g/mol. The van der Waals surface area contributed by atoms with Crippen molar-refractivity contribution < 1.29 is 13.7 Å². The van der Waals surface area contributed by atoms with Crippen LogP contribution in [-0.4, -0.2) is 35.6 Å². The first-order valence-electron chi connectivity index (χ1n) is 9.42. The number of nitrogens with zero attached hydrogens (tertiary/aromatic N) is 2. The minimum Gasteiger partial charge on any atom is -0.360 e. The van der Waals surface area contributed by atoms with Gasteiger partial charge in [0.15, 0.2) is 0 Å². The third-order valence-corrected chi connectivity index (χ3v) is 5.94. The maximum Gasteiger partial charge on any atom is 0.257 e. The molecule has 29 heavy (non-hydrogen) atoms. The monoisotopic (exact) mass is 435 g/mol. The third-order valence-electron chi connectivity index (χ3n) is 4.93. The molecule has 0 spiro atoms. The predicted molar refractivity (Wildman–Crippen MR) is 114 cm³/mol. The van der Waals surface area contributed by atoms with Crippen LogP contribution in [0.15, 0.2) is 39.5 Å². The number of aromatic nitrogens is 1. The molecule has 8 heteroatoms. The van der Waals surface area contributed by atoms with Gasteiger partial charge in [0.2, 0.25) is 0 Å². The highest BCUT2D eigenvalue weighted by molar-refractivity contribution is 7.08. The topological polar surface area (TPSA) is 58.4 Å². The molecule has 0 aliphatic rings. The number of benzene rings is 1. The number of aryl methyl sites for hydroxylation is 1. The Labute approximate surface area is 178 Å². The lowest BCUT2D eigenvalue weighted by Crippen LogP contribution is -2.38. The highest BCUT2D eigenvalue weighted by atomic mass is 35.5. The van der Waals surface area contributed by atoms with Crippen LogP contribution in [0.1, 0.15) is 41.6 Å². The summed E-state index contributed by atoms with van der Waals surface area (Å²) < 4.78 is 19.6. The van der Waals surface area contributed by atoms with Gasteiger partial charge in [0, 0.05) is 6.54 Å². The summed E-state index contributed by atoms with van der Waals surface area (Å²) in [6.45, 7) is 7.93. The molecule has 1 N–H and O–H groups in total. The Hall–Kier alpha value is -2.22. The third kappa shape index (κ3) is 4.52. The number of likely N-dealkylation sites (N-methyl/N-ethyl adjacent to an activating group) is 1. The van der Waals surface area contributed by atoms with Gasteiger partial charge in [-0.15, -0.1) is 0 Å². The summed E-state index contributed by atoms with van der Waals surface area (Å²) in [5.41, 5.74) is 1.52. The maximum atomic E-state index is 14.4. The average molecular weight is 436 g/mol. The molecule has 0 aliphatic heterocycles. The molecule has 2 heterocycles. The van der Waals surface area contributed by atoms with E-state index in [0.29, 0.717) is 12.3 Å². The van der Waals surface area contributed by atoms with Crippen molar-refractivity contribution in [2.45, 2.75) is 26.8 Å². The number of halogens is 2. The van der Waals surface area contributed by atoms with Gasteiger partial charge in [-0.1, -0.05) is 36.7 Å². The Kier molecular flexibility index (Phi) is 7.05. The van der Waals surface area contributed by atoms with Gasteiger partial charge in [-0.3, -0.25) is 9.69 Å². The first-order chi connectivity index (χ1) is 14.0. The standard InChI is InChI=1S/C21H23ClFN3O2S/c1-4-26(5-2)17(14-9-10-29-12-14)11-24-21(27)18-13(3)28-25-20(18)19-15(22)7-6-8-16(19)23/h6-10,12,17H,4-5,11H2,1-3H3,(H,24,27). The van der Waals surface area contributed by atoms with Crippen LogP contribution in [0.5, 0.6) is 0 Å². The van der Waals surface area contributed by atoms with Gasteiger partial charge in [0.05, 0.1) is 16.6 Å². The van der Waals surface area contributed by atoms with Crippen LogP contribution < -0.4 is 5.32 Å². The van der Waals surface area contributed by atoms with Crippen molar-refractivity contribution in [2.75, 3.05) is 19.6 Å². The van der Waals surface area contributed by atoms with Gasteiger partial charge >= 0.3 is 0 Å². The lowest BCUT2D eigenvalue weighted by atomic mass is 10.0. The van der Waals surface area contributed by atoms with Crippen LogP contribution >= 0.6 is 22.9 Å². The minimum atomic E-state index is -0.556. The Morgan fingerprint density at radius 3 is 2.72 bits per heavy atom. The summed E-state index contributed by atoms with van der Waals surface area (Å²) in [4.78, 5) is 15.3. The lowest BCUT2D eigenvalue weighted by Gasteiger charge is -2.29. The van der Waals surface area contributed by atoms with Crippen molar-refractivity contribution in [3.63, 3.8) is 0 Å². The number of hydrogen-bond acceptors (Lipinski definition) is 5. The van der Waals surface area contributed by atoms with Gasteiger partial charge in [-0.05, 0) is 54.5 Å². The van der Waals surface area contributed by atoms with E-state index in [-0.39, 0.29) is 33.8 Å². The first kappa shape index (κ1) is 21.5. The van der Waals surface area contributed by atoms with Crippen LogP contribution in [0.2, 0.25) is 5.02 Å². The molecule has 1 aromatic carbocycles. The number of rotatable bonds is 8. The Morgan fingerprint density at radius 2 is 2.10 bits per heavy atom. The molecule has 1 amide bonds. The molecule has 3 rings (SSSR count). The molecular formula is C21H23ClFN3O2S. The molecule has 0 fully saturated rings. The highest BCUT2D eigenvalue weighted by Gasteiger charge is 2.27. The minimum absolute atomic E-state index is 0.0425. The van der Waals surface area contributed by atoms with Crippen molar-refractivity contribution in [3.8, 4) is 11.3 Å². The molecule has 2 aromatic heterocycles. The van der Waals surface area contributed by atoms with Crippen LogP contribution in [0.3, 0.4) is 0 Å². The Bertz CT molecular complexity index is 950.